The molecule has 0 saturated heterocycles. The molecule has 0 N–H and O–H groups in total. The van der Waals surface area contributed by atoms with E-state index >= 15 is 0 Å². The van der Waals surface area contributed by atoms with Gasteiger partial charge in [-0.15, -0.1) is 0 Å². The Hall–Kier alpha value is -0.260. The zero-order valence-corrected chi connectivity index (χ0v) is 12.4. The number of hydrogen-bond acceptors (Lipinski definition) is 0. The molecular formula is C17H32. The van der Waals surface area contributed by atoms with E-state index in [9.17, 15) is 0 Å². The van der Waals surface area contributed by atoms with Crippen LogP contribution < -0.4 is 0 Å². The largest absolute Gasteiger partial charge is 0.0914 e. The molecule has 0 bridgehead atoms. The van der Waals surface area contributed by atoms with Crippen LogP contribution in [0.5, 0.6) is 0 Å². The highest BCUT2D eigenvalue weighted by atomic mass is 14.4. The normalized spacial score (nSPS) is 27.3. The molecule has 0 heterocycles. The fraction of sp³-hybridized carbons (Fsp3) is 0.882. The molecule has 0 radical (unpaired) electrons. The van der Waals surface area contributed by atoms with E-state index in [2.05, 4.69) is 39.8 Å². The molecule has 0 heteroatoms. The molecule has 1 fully saturated rings. The highest BCUT2D eigenvalue weighted by Gasteiger charge is 2.36. The minimum atomic E-state index is 0.862. The summed E-state index contributed by atoms with van der Waals surface area (Å²) in [4.78, 5) is 0. The highest BCUT2D eigenvalue weighted by Crippen LogP contribution is 2.46. The van der Waals surface area contributed by atoms with Crippen LogP contribution in [0.25, 0.3) is 0 Å². The van der Waals surface area contributed by atoms with Crippen molar-refractivity contribution in [3.63, 3.8) is 0 Å². The Kier molecular flexibility index (Phi) is 6.92. The Morgan fingerprint density at radius 3 is 2.53 bits per heavy atom. The topological polar surface area (TPSA) is 0 Å². The molecular weight excluding hydrogens is 204 g/mol. The van der Waals surface area contributed by atoms with E-state index in [1.807, 2.05) is 0 Å². The predicted molar refractivity (Wildman–Crippen MR) is 78.1 cm³/mol. The first-order chi connectivity index (χ1) is 8.21. The Morgan fingerprint density at radius 2 is 1.94 bits per heavy atom. The van der Waals surface area contributed by atoms with Gasteiger partial charge in [-0.2, -0.15) is 0 Å². The summed E-state index contributed by atoms with van der Waals surface area (Å²) < 4.78 is 0. The average Bonchev–Trinajstić information content (AvgIpc) is 3.04. The first kappa shape index (κ1) is 14.8. The zero-order valence-electron chi connectivity index (χ0n) is 12.4. The lowest BCUT2D eigenvalue weighted by Crippen LogP contribution is -2.02. The predicted octanol–water partition coefficient (Wildman–Crippen LogP) is 5.83. The molecule has 0 aromatic heterocycles. The van der Waals surface area contributed by atoms with Gasteiger partial charge in [0.25, 0.3) is 0 Å². The molecule has 1 saturated carbocycles. The van der Waals surface area contributed by atoms with Crippen molar-refractivity contribution in [3.8, 4) is 0 Å². The molecule has 1 aliphatic carbocycles. The lowest BCUT2D eigenvalue weighted by molar-refractivity contribution is 0.410. The minimum Gasteiger partial charge on any atom is -0.0914 e. The average molecular weight is 236 g/mol. The first-order valence-corrected chi connectivity index (χ1v) is 7.83. The van der Waals surface area contributed by atoms with Gasteiger partial charge >= 0.3 is 0 Å². The molecule has 1 aliphatic rings. The summed E-state index contributed by atoms with van der Waals surface area (Å²) in [6, 6.07) is 0. The van der Waals surface area contributed by atoms with Crippen molar-refractivity contribution in [3.05, 3.63) is 12.2 Å². The second-order valence-corrected chi connectivity index (χ2v) is 6.16. The molecule has 0 aromatic carbocycles. The van der Waals surface area contributed by atoms with Crippen LogP contribution >= 0.6 is 0 Å². The van der Waals surface area contributed by atoms with Crippen LogP contribution in [0.2, 0.25) is 0 Å². The molecule has 0 aromatic rings. The van der Waals surface area contributed by atoms with E-state index in [-0.39, 0.29) is 0 Å². The molecule has 4 unspecified atom stereocenters. The van der Waals surface area contributed by atoms with Crippen LogP contribution in [0, 0.1) is 23.7 Å². The summed E-state index contributed by atoms with van der Waals surface area (Å²) in [5.74, 6) is 3.92. The van der Waals surface area contributed by atoms with Crippen molar-refractivity contribution in [2.45, 2.75) is 72.6 Å². The van der Waals surface area contributed by atoms with Crippen LogP contribution in [0.3, 0.4) is 0 Å². The maximum atomic E-state index is 2.46. The third-order valence-corrected chi connectivity index (χ3v) is 4.53. The SMILES string of the molecule is CC=CC(CCC(C)CC)CC1CC1CCC. The molecule has 17 heavy (non-hydrogen) atoms. The molecule has 0 spiro atoms. The second kappa shape index (κ2) is 7.95. The van der Waals surface area contributed by atoms with Gasteiger partial charge in [0.05, 0.1) is 0 Å². The Labute approximate surface area is 109 Å². The van der Waals surface area contributed by atoms with Gasteiger partial charge in [-0.25, -0.2) is 0 Å². The molecule has 0 nitrogen and oxygen atoms in total. The number of rotatable bonds is 9. The van der Waals surface area contributed by atoms with E-state index in [0.717, 1.165) is 23.7 Å². The van der Waals surface area contributed by atoms with Crippen LogP contribution in [0.1, 0.15) is 72.6 Å². The fourth-order valence-electron chi connectivity index (χ4n) is 2.98. The van der Waals surface area contributed by atoms with Gasteiger partial charge in [0.2, 0.25) is 0 Å². The van der Waals surface area contributed by atoms with Gasteiger partial charge in [-0.05, 0) is 49.9 Å². The van der Waals surface area contributed by atoms with Crippen molar-refractivity contribution >= 4 is 0 Å². The summed E-state index contributed by atoms with van der Waals surface area (Å²) in [7, 11) is 0. The van der Waals surface area contributed by atoms with Gasteiger partial charge in [0.1, 0.15) is 0 Å². The van der Waals surface area contributed by atoms with Gasteiger partial charge in [-0.3, -0.25) is 0 Å². The maximum absolute atomic E-state index is 2.46. The molecule has 0 amide bonds. The number of hydrogen-bond donors (Lipinski definition) is 0. The minimum absolute atomic E-state index is 0.862. The molecule has 4 atom stereocenters. The van der Waals surface area contributed by atoms with E-state index in [0.29, 0.717) is 0 Å². The third kappa shape index (κ3) is 5.75. The lowest BCUT2D eigenvalue weighted by atomic mass is 9.90. The van der Waals surface area contributed by atoms with E-state index in [4.69, 9.17) is 0 Å². The fourth-order valence-corrected chi connectivity index (χ4v) is 2.98. The van der Waals surface area contributed by atoms with Crippen molar-refractivity contribution in [1.29, 1.82) is 0 Å². The van der Waals surface area contributed by atoms with Crippen molar-refractivity contribution in [2.24, 2.45) is 23.7 Å². The van der Waals surface area contributed by atoms with E-state index in [1.165, 1.54) is 44.9 Å². The monoisotopic (exact) mass is 236 g/mol. The summed E-state index contributed by atoms with van der Waals surface area (Å²) in [5.41, 5.74) is 0. The molecule has 100 valence electrons. The lowest BCUT2D eigenvalue weighted by Gasteiger charge is -2.15. The van der Waals surface area contributed by atoms with Gasteiger partial charge < -0.3 is 0 Å². The van der Waals surface area contributed by atoms with E-state index in [1.54, 1.807) is 0 Å². The van der Waals surface area contributed by atoms with Gasteiger partial charge in [-0.1, -0.05) is 58.6 Å². The zero-order chi connectivity index (χ0) is 12.7. The maximum Gasteiger partial charge on any atom is -0.0231 e. The summed E-state index contributed by atoms with van der Waals surface area (Å²) in [5, 5.41) is 0. The Bertz CT molecular complexity index is 216. The van der Waals surface area contributed by atoms with Crippen molar-refractivity contribution < 1.29 is 0 Å². The Balaban J connectivity index is 2.24. The van der Waals surface area contributed by atoms with E-state index < -0.39 is 0 Å². The van der Waals surface area contributed by atoms with Crippen LogP contribution in [0.15, 0.2) is 12.2 Å². The second-order valence-electron chi connectivity index (χ2n) is 6.16. The number of allylic oxidation sites excluding steroid dienone is 2. The standard InChI is InChI=1S/C17H32/c1-5-8-15(11-10-14(4)7-3)12-17-13-16(17)9-6-2/h5,8,14-17H,6-7,9-13H2,1-4H3. The van der Waals surface area contributed by atoms with Gasteiger partial charge in [0.15, 0.2) is 0 Å². The van der Waals surface area contributed by atoms with Crippen LogP contribution in [-0.2, 0) is 0 Å². The smallest absolute Gasteiger partial charge is 0.0231 e. The van der Waals surface area contributed by atoms with Crippen LogP contribution in [0.4, 0.5) is 0 Å². The first-order valence-electron chi connectivity index (χ1n) is 7.83. The summed E-state index contributed by atoms with van der Waals surface area (Å²) in [6.45, 7) is 9.20. The summed E-state index contributed by atoms with van der Waals surface area (Å²) in [6.07, 6.45) is 14.7. The summed E-state index contributed by atoms with van der Waals surface area (Å²) >= 11 is 0. The van der Waals surface area contributed by atoms with Crippen molar-refractivity contribution in [2.75, 3.05) is 0 Å². The van der Waals surface area contributed by atoms with Crippen LogP contribution in [-0.4, -0.2) is 0 Å². The third-order valence-electron chi connectivity index (χ3n) is 4.53. The molecule has 0 aliphatic heterocycles. The van der Waals surface area contributed by atoms with Crippen molar-refractivity contribution in [1.82, 2.24) is 0 Å². The Morgan fingerprint density at radius 1 is 1.18 bits per heavy atom. The quantitative estimate of drug-likeness (QED) is 0.442. The highest BCUT2D eigenvalue weighted by molar-refractivity contribution is 4.93. The molecule has 1 rings (SSSR count). The van der Waals surface area contributed by atoms with Gasteiger partial charge in [0, 0.05) is 0 Å².